The molecule has 4 nitrogen and oxygen atoms in total. The Morgan fingerprint density at radius 1 is 1.22 bits per heavy atom. The van der Waals surface area contributed by atoms with Crippen molar-refractivity contribution in [3.63, 3.8) is 0 Å². The number of carbonyl (C=O) groups is 1. The van der Waals surface area contributed by atoms with Crippen molar-refractivity contribution in [2.75, 3.05) is 13.1 Å². The van der Waals surface area contributed by atoms with Gasteiger partial charge in [-0.1, -0.05) is 27.7 Å². The third-order valence-electron chi connectivity index (χ3n) is 3.32. The van der Waals surface area contributed by atoms with Crippen molar-refractivity contribution in [2.24, 2.45) is 11.8 Å². The highest BCUT2D eigenvalue weighted by Crippen LogP contribution is 2.23. The number of nitrogens with zero attached hydrogens (tertiary/aromatic N) is 3. The molecular formula is C18H25N3OS. The normalized spacial score (nSPS) is 11.2. The van der Waals surface area contributed by atoms with Gasteiger partial charge in [-0.25, -0.2) is 4.98 Å². The van der Waals surface area contributed by atoms with Crippen molar-refractivity contribution in [3.05, 3.63) is 35.6 Å². The van der Waals surface area contributed by atoms with E-state index < -0.39 is 0 Å². The van der Waals surface area contributed by atoms with E-state index in [1.54, 1.807) is 23.7 Å². The highest BCUT2D eigenvalue weighted by atomic mass is 32.1. The summed E-state index contributed by atoms with van der Waals surface area (Å²) in [5.74, 6) is 1.11. The number of hydrogen-bond donors (Lipinski definition) is 0. The molecule has 0 aliphatic rings. The molecule has 0 atom stereocenters. The maximum atomic E-state index is 12.6. The van der Waals surface area contributed by atoms with Crippen molar-refractivity contribution < 1.29 is 4.79 Å². The second-order valence-electron chi connectivity index (χ2n) is 6.65. The maximum absolute atomic E-state index is 12.6. The molecule has 0 bridgehead atoms. The van der Waals surface area contributed by atoms with E-state index in [-0.39, 0.29) is 5.91 Å². The van der Waals surface area contributed by atoms with Gasteiger partial charge < -0.3 is 4.90 Å². The largest absolute Gasteiger partial charge is 0.342 e. The van der Waals surface area contributed by atoms with Crippen LogP contribution >= 0.6 is 11.3 Å². The Morgan fingerprint density at radius 3 is 2.48 bits per heavy atom. The van der Waals surface area contributed by atoms with Crippen LogP contribution in [0.25, 0.3) is 10.6 Å². The molecule has 0 N–H and O–H groups in total. The summed E-state index contributed by atoms with van der Waals surface area (Å²) < 4.78 is 0. The van der Waals surface area contributed by atoms with Gasteiger partial charge in [0.2, 0.25) is 5.91 Å². The van der Waals surface area contributed by atoms with Gasteiger partial charge in [-0.2, -0.15) is 0 Å². The molecule has 2 aromatic heterocycles. The Kier molecular flexibility index (Phi) is 6.28. The first kappa shape index (κ1) is 17.6. The van der Waals surface area contributed by atoms with Crippen LogP contribution in [0.1, 0.15) is 33.4 Å². The molecule has 0 aromatic carbocycles. The van der Waals surface area contributed by atoms with Gasteiger partial charge in [0.1, 0.15) is 5.01 Å². The summed E-state index contributed by atoms with van der Waals surface area (Å²) in [7, 11) is 0. The first-order chi connectivity index (χ1) is 11.0. The lowest BCUT2D eigenvalue weighted by Crippen LogP contribution is -2.38. The topological polar surface area (TPSA) is 46.1 Å². The summed E-state index contributed by atoms with van der Waals surface area (Å²) in [5, 5.41) is 2.89. The van der Waals surface area contributed by atoms with E-state index in [0.29, 0.717) is 18.3 Å². The Hall–Kier alpha value is -1.75. The molecule has 2 rings (SSSR count). The zero-order chi connectivity index (χ0) is 16.8. The predicted octanol–water partition coefficient (Wildman–Crippen LogP) is 3.89. The summed E-state index contributed by atoms with van der Waals surface area (Å²) in [6.45, 7) is 10.2. The van der Waals surface area contributed by atoms with Gasteiger partial charge in [-0.15, -0.1) is 11.3 Å². The highest BCUT2D eigenvalue weighted by molar-refractivity contribution is 7.13. The number of aromatic nitrogens is 2. The lowest BCUT2D eigenvalue weighted by molar-refractivity contribution is -0.131. The van der Waals surface area contributed by atoms with Crippen LogP contribution in [0.2, 0.25) is 0 Å². The number of carbonyl (C=O) groups excluding carboxylic acids is 1. The molecule has 5 heteroatoms. The fraction of sp³-hybridized carbons (Fsp3) is 0.500. The van der Waals surface area contributed by atoms with E-state index in [9.17, 15) is 4.79 Å². The minimum Gasteiger partial charge on any atom is -0.342 e. The van der Waals surface area contributed by atoms with E-state index in [1.807, 2.05) is 22.4 Å². The van der Waals surface area contributed by atoms with Crippen molar-refractivity contribution in [3.8, 4) is 10.6 Å². The van der Waals surface area contributed by atoms with E-state index in [2.05, 4.69) is 37.7 Å². The van der Waals surface area contributed by atoms with Crippen molar-refractivity contribution in [1.29, 1.82) is 0 Å². The number of rotatable bonds is 7. The van der Waals surface area contributed by atoms with Crippen molar-refractivity contribution in [2.45, 2.75) is 34.1 Å². The van der Waals surface area contributed by atoms with Gasteiger partial charge in [0.05, 0.1) is 12.1 Å². The second kappa shape index (κ2) is 8.20. The fourth-order valence-corrected chi connectivity index (χ4v) is 3.25. The van der Waals surface area contributed by atoms with Crippen molar-refractivity contribution >= 4 is 17.2 Å². The average molecular weight is 331 g/mol. The summed E-state index contributed by atoms with van der Waals surface area (Å²) in [6, 6.07) is 3.88. The molecular weight excluding hydrogens is 306 g/mol. The zero-order valence-electron chi connectivity index (χ0n) is 14.3. The van der Waals surface area contributed by atoms with Gasteiger partial charge >= 0.3 is 0 Å². The molecule has 0 aliphatic heterocycles. The minimum absolute atomic E-state index is 0.162. The summed E-state index contributed by atoms with van der Waals surface area (Å²) in [6.07, 6.45) is 3.92. The van der Waals surface area contributed by atoms with Gasteiger partial charge in [0, 0.05) is 36.4 Å². The predicted molar refractivity (Wildman–Crippen MR) is 95.3 cm³/mol. The van der Waals surface area contributed by atoms with Crippen LogP contribution in [-0.2, 0) is 11.2 Å². The van der Waals surface area contributed by atoms with Crippen LogP contribution in [0.4, 0.5) is 0 Å². The molecule has 2 heterocycles. The molecule has 1 amide bonds. The molecule has 0 saturated carbocycles. The van der Waals surface area contributed by atoms with Crippen molar-refractivity contribution in [1.82, 2.24) is 14.9 Å². The Labute approximate surface area is 142 Å². The molecule has 124 valence electrons. The number of thiazole rings is 1. The Bertz CT molecular complexity index is 612. The molecule has 0 unspecified atom stereocenters. The van der Waals surface area contributed by atoms with E-state index in [1.165, 1.54) is 0 Å². The van der Waals surface area contributed by atoms with Crippen LogP contribution in [-0.4, -0.2) is 33.9 Å². The first-order valence-corrected chi connectivity index (χ1v) is 8.96. The molecule has 0 fully saturated rings. The van der Waals surface area contributed by atoms with Gasteiger partial charge in [0.25, 0.3) is 0 Å². The Morgan fingerprint density at radius 2 is 1.91 bits per heavy atom. The third kappa shape index (κ3) is 5.43. The molecule has 0 spiro atoms. The van der Waals surface area contributed by atoms with Crippen LogP contribution in [0.15, 0.2) is 29.9 Å². The fourth-order valence-electron chi connectivity index (χ4n) is 2.44. The quantitative estimate of drug-likeness (QED) is 0.773. The van der Waals surface area contributed by atoms with Crippen LogP contribution in [0.3, 0.4) is 0 Å². The smallest absolute Gasteiger partial charge is 0.228 e. The monoisotopic (exact) mass is 331 g/mol. The second-order valence-corrected chi connectivity index (χ2v) is 7.51. The average Bonchev–Trinajstić information content (AvgIpc) is 2.95. The lowest BCUT2D eigenvalue weighted by Gasteiger charge is -2.26. The lowest BCUT2D eigenvalue weighted by atomic mass is 10.1. The molecule has 23 heavy (non-hydrogen) atoms. The van der Waals surface area contributed by atoms with Crippen LogP contribution in [0.5, 0.6) is 0 Å². The standard InChI is InChI=1S/C18H25N3OS/c1-13(2)10-21(11-14(3)4)17(22)8-16-12-23-18(20-16)15-6-5-7-19-9-15/h5-7,9,12-14H,8,10-11H2,1-4H3. The number of amides is 1. The molecule has 2 aromatic rings. The van der Waals surface area contributed by atoms with Gasteiger partial charge in [0.15, 0.2) is 0 Å². The van der Waals surface area contributed by atoms with E-state index in [0.717, 1.165) is 29.4 Å². The maximum Gasteiger partial charge on any atom is 0.228 e. The highest BCUT2D eigenvalue weighted by Gasteiger charge is 2.18. The zero-order valence-corrected chi connectivity index (χ0v) is 15.1. The molecule has 0 aliphatic carbocycles. The minimum atomic E-state index is 0.162. The third-order valence-corrected chi connectivity index (χ3v) is 4.26. The number of pyridine rings is 1. The molecule has 0 radical (unpaired) electrons. The summed E-state index contributed by atoms with van der Waals surface area (Å²) in [4.78, 5) is 23.3. The van der Waals surface area contributed by atoms with Crippen LogP contribution < -0.4 is 0 Å². The first-order valence-electron chi connectivity index (χ1n) is 8.08. The SMILES string of the molecule is CC(C)CN(CC(C)C)C(=O)Cc1csc(-c2cccnc2)n1. The van der Waals surface area contributed by atoms with E-state index >= 15 is 0 Å². The van der Waals surface area contributed by atoms with Crippen LogP contribution in [0, 0.1) is 11.8 Å². The number of hydrogen-bond acceptors (Lipinski definition) is 4. The summed E-state index contributed by atoms with van der Waals surface area (Å²) in [5.41, 5.74) is 1.84. The van der Waals surface area contributed by atoms with Gasteiger partial charge in [-0.3, -0.25) is 9.78 Å². The Balaban J connectivity index is 2.05. The van der Waals surface area contributed by atoms with E-state index in [4.69, 9.17) is 0 Å². The summed E-state index contributed by atoms with van der Waals surface area (Å²) >= 11 is 1.56. The van der Waals surface area contributed by atoms with Gasteiger partial charge in [-0.05, 0) is 24.0 Å². The molecule has 0 saturated heterocycles.